The molecule has 2 aromatic rings. The molecule has 1 N–H and O–H groups in total. The summed E-state index contributed by atoms with van der Waals surface area (Å²) < 4.78 is 0. The first-order chi connectivity index (χ1) is 9.88. The molecule has 1 aliphatic rings. The quantitative estimate of drug-likeness (QED) is 0.711. The fraction of sp³-hybridized carbons (Fsp3) is 0.333. The Morgan fingerprint density at radius 2 is 1.90 bits per heavy atom. The van der Waals surface area contributed by atoms with Crippen molar-refractivity contribution in [1.29, 1.82) is 0 Å². The van der Waals surface area contributed by atoms with Gasteiger partial charge < -0.3 is 5.32 Å². The van der Waals surface area contributed by atoms with Crippen LogP contribution in [0.4, 0.5) is 5.69 Å². The van der Waals surface area contributed by atoms with Crippen LogP contribution in [-0.2, 0) is 6.42 Å². The summed E-state index contributed by atoms with van der Waals surface area (Å²) in [4.78, 5) is 0. The van der Waals surface area contributed by atoms with Crippen LogP contribution >= 0.6 is 23.2 Å². The van der Waals surface area contributed by atoms with Crippen molar-refractivity contribution in [1.82, 2.24) is 0 Å². The molecule has 0 radical (unpaired) electrons. The number of hydrogen-bond acceptors (Lipinski definition) is 1. The number of nitrogens with one attached hydrogen (secondary N) is 1. The molecule has 0 heterocycles. The van der Waals surface area contributed by atoms with E-state index in [0.29, 0.717) is 0 Å². The summed E-state index contributed by atoms with van der Waals surface area (Å²) >= 11 is 12.6. The maximum atomic E-state index is 6.37. The summed E-state index contributed by atoms with van der Waals surface area (Å²) in [5, 5.41) is 5.21. The molecular formula is C18H19Cl2N. The lowest BCUT2D eigenvalue weighted by molar-refractivity contribution is 0.337. The van der Waals surface area contributed by atoms with E-state index in [2.05, 4.69) is 44.3 Å². The molecule has 1 aliphatic carbocycles. The fourth-order valence-electron chi connectivity index (χ4n) is 3.24. The van der Waals surface area contributed by atoms with Crippen molar-refractivity contribution in [2.75, 3.05) is 5.32 Å². The van der Waals surface area contributed by atoms with Gasteiger partial charge in [-0.2, -0.15) is 0 Å². The van der Waals surface area contributed by atoms with Crippen LogP contribution in [0, 0.1) is 12.3 Å². The molecule has 110 valence electrons. The first kappa shape index (κ1) is 14.7. The van der Waals surface area contributed by atoms with Gasteiger partial charge in [0.2, 0.25) is 0 Å². The molecule has 3 rings (SSSR count). The van der Waals surface area contributed by atoms with E-state index in [1.807, 2.05) is 18.2 Å². The topological polar surface area (TPSA) is 12.0 Å². The third-order valence-corrected chi connectivity index (χ3v) is 4.91. The summed E-state index contributed by atoms with van der Waals surface area (Å²) in [5.41, 5.74) is 4.95. The molecule has 3 heteroatoms. The minimum atomic E-state index is 0.124. The van der Waals surface area contributed by atoms with Crippen molar-refractivity contribution in [3.8, 4) is 0 Å². The Hall–Kier alpha value is -1.18. The average molecular weight is 320 g/mol. The Kier molecular flexibility index (Phi) is 3.67. The van der Waals surface area contributed by atoms with Gasteiger partial charge in [-0.1, -0.05) is 55.2 Å². The Morgan fingerprint density at radius 1 is 1.14 bits per heavy atom. The zero-order valence-corrected chi connectivity index (χ0v) is 14.0. The molecule has 1 unspecified atom stereocenters. The van der Waals surface area contributed by atoms with Crippen molar-refractivity contribution in [2.45, 2.75) is 33.2 Å². The third-order valence-electron chi connectivity index (χ3n) is 4.36. The maximum absolute atomic E-state index is 6.37. The highest BCUT2D eigenvalue weighted by Gasteiger charge is 2.39. The number of anilines is 1. The van der Waals surface area contributed by atoms with Gasteiger partial charge in [0.25, 0.3) is 0 Å². The number of rotatable bonds is 2. The Morgan fingerprint density at radius 3 is 2.62 bits per heavy atom. The van der Waals surface area contributed by atoms with Gasteiger partial charge in [-0.25, -0.2) is 0 Å². The van der Waals surface area contributed by atoms with Crippen molar-refractivity contribution < 1.29 is 0 Å². The van der Waals surface area contributed by atoms with E-state index in [-0.39, 0.29) is 11.5 Å². The van der Waals surface area contributed by atoms with Crippen LogP contribution in [0.1, 0.15) is 36.6 Å². The second-order valence-electron chi connectivity index (χ2n) is 6.52. The van der Waals surface area contributed by atoms with Crippen molar-refractivity contribution in [2.24, 2.45) is 5.41 Å². The second kappa shape index (κ2) is 5.23. The molecule has 0 saturated carbocycles. The monoisotopic (exact) mass is 319 g/mol. The Labute approximate surface area is 136 Å². The van der Waals surface area contributed by atoms with Crippen molar-refractivity contribution in [3.05, 3.63) is 63.1 Å². The first-order valence-corrected chi connectivity index (χ1v) is 7.94. The first-order valence-electron chi connectivity index (χ1n) is 7.18. The highest BCUT2D eigenvalue weighted by Crippen LogP contribution is 2.48. The molecule has 1 atom stereocenters. The van der Waals surface area contributed by atoms with Crippen LogP contribution in [0.5, 0.6) is 0 Å². The minimum absolute atomic E-state index is 0.124. The normalized spacial score (nSPS) is 19.4. The molecule has 0 aromatic heterocycles. The standard InChI is InChI=1S/C18H19Cl2N/c1-11-5-4-6-15(20)16(11)21-17-14-9-13(19)8-7-12(14)10-18(17,2)3/h4-9,17,21H,10H2,1-3H3. The summed E-state index contributed by atoms with van der Waals surface area (Å²) in [6.07, 6.45) is 1.04. The molecule has 0 fully saturated rings. The van der Waals surface area contributed by atoms with E-state index in [9.17, 15) is 0 Å². The fourth-order valence-corrected chi connectivity index (χ4v) is 3.70. The number of halogens is 2. The smallest absolute Gasteiger partial charge is 0.0640 e. The lowest BCUT2D eigenvalue weighted by atomic mass is 9.85. The van der Waals surface area contributed by atoms with Gasteiger partial charge in [0, 0.05) is 5.02 Å². The van der Waals surface area contributed by atoms with Crippen LogP contribution in [0.25, 0.3) is 0 Å². The number of aryl methyl sites for hydroxylation is 1. The molecule has 2 aromatic carbocycles. The Balaban J connectivity index is 2.04. The predicted octanol–water partition coefficient (Wildman–Crippen LogP) is 6.04. The van der Waals surface area contributed by atoms with Gasteiger partial charge in [-0.15, -0.1) is 0 Å². The van der Waals surface area contributed by atoms with E-state index in [4.69, 9.17) is 23.2 Å². The van der Waals surface area contributed by atoms with Gasteiger partial charge in [0.05, 0.1) is 16.8 Å². The van der Waals surface area contributed by atoms with Gasteiger partial charge in [0.15, 0.2) is 0 Å². The number of para-hydroxylation sites is 1. The van der Waals surface area contributed by atoms with E-state index < -0.39 is 0 Å². The molecule has 0 aliphatic heterocycles. The molecule has 0 amide bonds. The van der Waals surface area contributed by atoms with Gasteiger partial charge in [-0.3, -0.25) is 0 Å². The van der Waals surface area contributed by atoms with E-state index in [1.54, 1.807) is 0 Å². The second-order valence-corrected chi connectivity index (χ2v) is 7.36. The van der Waals surface area contributed by atoms with Crippen LogP contribution in [0.2, 0.25) is 10.0 Å². The number of fused-ring (bicyclic) bond motifs is 1. The van der Waals surface area contributed by atoms with E-state index in [0.717, 1.165) is 27.7 Å². The van der Waals surface area contributed by atoms with E-state index in [1.165, 1.54) is 11.1 Å². The molecule has 1 nitrogen and oxygen atoms in total. The predicted molar refractivity (Wildman–Crippen MR) is 91.5 cm³/mol. The average Bonchev–Trinajstić information content (AvgIpc) is 2.64. The summed E-state index contributed by atoms with van der Waals surface area (Å²) in [6.45, 7) is 6.64. The lowest BCUT2D eigenvalue weighted by Gasteiger charge is -2.30. The molecule has 0 spiro atoms. The number of hydrogen-bond donors (Lipinski definition) is 1. The summed E-state index contributed by atoms with van der Waals surface area (Å²) in [5.74, 6) is 0. The van der Waals surface area contributed by atoms with Crippen LogP contribution in [0.3, 0.4) is 0 Å². The van der Waals surface area contributed by atoms with Crippen LogP contribution < -0.4 is 5.32 Å². The van der Waals surface area contributed by atoms with Crippen LogP contribution in [0.15, 0.2) is 36.4 Å². The zero-order valence-electron chi connectivity index (χ0n) is 12.5. The highest BCUT2D eigenvalue weighted by atomic mass is 35.5. The van der Waals surface area contributed by atoms with Gasteiger partial charge in [0.1, 0.15) is 0 Å². The number of benzene rings is 2. The van der Waals surface area contributed by atoms with Crippen molar-refractivity contribution in [3.63, 3.8) is 0 Å². The lowest BCUT2D eigenvalue weighted by Crippen LogP contribution is -2.25. The summed E-state index contributed by atoms with van der Waals surface area (Å²) in [7, 11) is 0. The van der Waals surface area contributed by atoms with Crippen LogP contribution in [-0.4, -0.2) is 0 Å². The molecular weight excluding hydrogens is 301 g/mol. The maximum Gasteiger partial charge on any atom is 0.0640 e. The minimum Gasteiger partial charge on any atom is -0.376 e. The third kappa shape index (κ3) is 2.65. The van der Waals surface area contributed by atoms with Gasteiger partial charge in [-0.05, 0) is 53.6 Å². The molecule has 21 heavy (non-hydrogen) atoms. The highest BCUT2D eigenvalue weighted by molar-refractivity contribution is 6.33. The van der Waals surface area contributed by atoms with Crippen molar-refractivity contribution >= 4 is 28.9 Å². The zero-order chi connectivity index (χ0) is 15.2. The molecule has 0 bridgehead atoms. The Bertz CT molecular complexity index is 671. The largest absolute Gasteiger partial charge is 0.376 e. The molecule has 0 saturated heterocycles. The van der Waals surface area contributed by atoms with Gasteiger partial charge >= 0.3 is 0 Å². The SMILES string of the molecule is Cc1cccc(Cl)c1NC1c2cc(Cl)ccc2CC1(C)C. The summed E-state index contributed by atoms with van der Waals surface area (Å²) in [6, 6.07) is 12.4. The van der Waals surface area contributed by atoms with E-state index >= 15 is 0 Å².